The Hall–Kier alpha value is 0.440. The fourth-order valence-electron chi connectivity index (χ4n) is 1.60. The van der Waals surface area contributed by atoms with Crippen LogP contribution >= 0.6 is 15.9 Å². The van der Waals surface area contributed by atoms with Gasteiger partial charge in [-0.1, -0.05) is 29.8 Å². The highest BCUT2D eigenvalue weighted by Crippen LogP contribution is 2.27. The van der Waals surface area contributed by atoms with Gasteiger partial charge in [0.2, 0.25) is 0 Å². The van der Waals surface area contributed by atoms with Gasteiger partial charge in [0.25, 0.3) is 0 Å². The molecule has 0 aromatic rings. The van der Waals surface area contributed by atoms with Gasteiger partial charge in [0, 0.05) is 17.9 Å². The summed E-state index contributed by atoms with van der Waals surface area (Å²) in [5, 5.41) is 1.14. The first-order valence-electron chi connectivity index (χ1n) is 5.08. The monoisotopic (exact) mass is 233 g/mol. The summed E-state index contributed by atoms with van der Waals surface area (Å²) in [5.74, 6) is 0.803. The maximum absolute atomic E-state index is 3.54. The highest BCUT2D eigenvalue weighted by molar-refractivity contribution is 9.09. The van der Waals surface area contributed by atoms with Crippen molar-refractivity contribution in [3.05, 3.63) is 0 Å². The number of rotatable bonds is 6. The third-order valence-electron chi connectivity index (χ3n) is 2.38. The molecule has 1 aliphatic carbocycles. The van der Waals surface area contributed by atoms with Crippen LogP contribution < -0.4 is 0 Å². The van der Waals surface area contributed by atoms with Crippen molar-refractivity contribution < 1.29 is 0 Å². The van der Waals surface area contributed by atoms with Gasteiger partial charge in [-0.2, -0.15) is 0 Å². The van der Waals surface area contributed by atoms with E-state index in [-0.39, 0.29) is 0 Å². The Morgan fingerprint density at radius 3 is 2.58 bits per heavy atom. The number of hydrogen-bond donors (Lipinski definition) is 0. The van der Waals surface area contributed by atoms with Gasteiger partial charge in [0.15, 0.2) is 0 Å². The average Bonchev–Trinajstić information content (AvgIpc) is 2.86. The summed E-state index contributed by atoms with van der Waals surface area (Å²) >= 11 is 3.54. The van der Waals surface area contributed by atoms with Gasteiger partial charge in [0.05, 0.1) is 0 Å². The van der Waals surface area contributed by atoms with Gasteiger partial charge in [-0.05, 0) is 31.7 Å². The fraction of sp³-hybridized carbons (Fsp3) is 1.00. The SMILES string of the molecule is CCCN(CC(C)CBr)C1CC1. The number of alkyl halides is 1. The van der Waals surface area contributed by atoms with Crippen LogP contribution in [0.3, 0.4) is 0 Å². The number of nitrogens with zero attached hydrogens (tertiary/aromatic N) is 1. The third kappa shape index (κ3) is 3.44. The Morgan fingerprint density at radius 1 is 1.50 bits per heavy atom. The van der Waals surface area contributed by atoms with E-state index in [2.05, 4.69) is 34.7 Å². The molecule has 0 aromatic heterocycles. The second-order valence-electron chi connectivity index (χ2n) is 3.99. The van der Waals surface area contributed by atoms with Crippen molar-refractivity contribution in [2.75, 3.05) is 18.4 Å². The summed E-state index contributed by atoms with van der Waals surface area (Å²) in [6.07, 6.45) is 4.18. The van der Waals surface area contributed by atoms with Crippen LogP contribution in [0.2, 0.25) is 0 Å². The highest BCUT2D eigenvalue weighted by atomic mass is 79.9. The molecule has 0 heterocycles. The molecule has 72 valence electrons. The van der Waals surface area contributed by atoms with E-state index >= 15 is 0 Å². The normalized spacial score (nSPS) is 20.0. The van der Waals surface area contributed by atoms with Crippen LogP contribution in [-0.4, -0.2) is 29.4 Å². The molecular weight excluding hydrogens is 214 g/mol. The van der Waals surface area contributed by atoms with Crippen LogP contribution in [0.15, 0.2) is 0 Å². The lowest BCUT2D eigenvalue weighted by atomic mass is 10.2. The van der Waals surface area contributed by atoms with Crippen LogP contribution in [0.25, 0.3) is 0 Å². The van der Waals surface area contributed by atoms with Crippen molar-refractivity contribution in [2.24, 2.45) is 5.92 Å². The molecule has 1 unspecified atom stereocenters. The van der Waals surface area contributed by atoms with Gasteiger partial charge in [-0.15, -0.1) is 0 Å². The van der Waals surface area contributed by atoms with Crippen LogP contribution in [0.4, 0.5) is 0 Å². The molecule has 1 rings (SSSR count). The second kappa shape index (κ2) is 5.23. The average molecular weight is 234 g/mol. The number of hydrogen-bond acceptors (Lipinski definition) is 1. The van der Waals surface area contributed by atoms with Crippen molar-refractivity contribution in [3.63, 3.8) is 0 Å². The van der Waals surface area contributed by atoms with E-state index in [0.29, 0.717) is 0 Å². The molecule has 12 heavy (non-hydrogen) atoms. The Kier molecular flexibility index (Phi) is 4.59. The van der Waals surface area contributed by atoms with E-state index in [1.54, 1.807) is 0 Å². The summed E-state index contributed by atoms with van der Waals surface area (Å²) in [5.41, 5.74) is 0. The Bertz CT molecular complexity index is 123. The van der Waals surface area contributed by atoms with Crippen LogP contribution in [-0.2, 0) is 0 Å². The Labute approximate surface area is 84.6 Å². The molecule has 0 N–H and O–H groups in total. The zero-order valence-electron chi connectivity index (χ0n) is 8.22. The van der Waals surface area contributed by atoms with Gasteiger partial charge >= 0.3 is 0 Å². The third-order valence-corrected chi connectivity index (χ3v) is 3.49. The molecule has 0 amide bonds. The van der Waals surface area contributed by atoms with Gasteiger partial charge in [-0.25, -0.2) is 0 Å². The second-order valence-corrected chi connectivity index (χ2v) is 4.63. The summed E-state index contributed by atoms with van der Waals surface area (Å²) in [6, 6.07) is 0.937. The first-order chi connectivity index (χ1) is 5.77. The summed E-state index contributed by atoms with van der Waals surface area (Å²) in [6.45, 7) is 7.17. The molecular formula is C10H20BrN. The largest absolute Gasteiger partial charge is 0.300 e. The minimum Gasteiger partial charge on any atom is -0.300 e. The first-order valence-corrected chi connectivity index (χ1v) is 6.20. The van der Waals surface area contributed by atoms with Crippen molar-refractivity contribution in [2.45, 2.75) is 39.2 Å². The van der Waals surface area contributed by atoms with Gasteiger partial charge < -0.3 is 4.90 Å². The molecule has 0 spiro atoms. The highest BCUT2D eigenvalue weighted by Gasteiger charge is 2.28. The fourth-order valence-corrected chi connectivity index (χ4v) is 1.80. The quantitative estimate of drug-likeness (QED) is 0.639. The predicted octanol–water partition coefficient (Wildman–Crippen LogP) is 2.89. The van der Waals surface area contributed by atoms with E-state index in [9.17, 15) is 0 Å². The molecule has 0 radical (unpaired) electrons. The van der Waals surface area contributed by atoms with E-state index < -0.39 is 0 Å². The molecule has 0 aromatic carbocycles. The Balaban J connectivity index is 2.22. The molecule has 1 atom stereocenters. The van der Waals surface area contributed by atoms with Crippen LogP contribution in [0.1, 0.15) is 33.1 Å². The van der Waals surface area contributed by atoms with Gasteiger partial charge in [-0.3, -0.25) is 0 Å². The lowest BCUT2D eigenvalue weighted by Gasteiger charge is -2.23. The molecule has 2 heteroatoms. The van der Waals surface area contributed by atoms with Gasteiger partial charge in [0.1, 0.15) is 0 Å². The van der Waals surface area contributed by atoms with E-state index in [0.717, 1.165) is 17.3 Å². The van der Waals surface area contributed by atoms with E-state index in [4.69, 9.17) is 0 Å². The van der Waals surface area contributed by atoms with Crippen molar-refractivity contribution in [1.29, 1.82) is 0 Å². The molecule has 1 nitrogen and oxygen atoms in total. The Morgan fingerprint density at radius 2 is 2.17 bits per heavy atom. The standard InChI is InChI=1S/C10H20BrN/c1-3-6-12(10-4-5-10)8-9(2)7-11/h9-10H,3-8H2,1-2H3. The minimum atomic E-state index is 0.803. The lowest BCUT2D eigenvalue weighted by molar-refractivity contribution is 0.237. The molecule has 1 aliphatic rings. The van der Waals surface area contributed by atoms with Crippen LogP contribution in [0, 0.1) is 5.92 Å². The van der Waals surface area contributed by atoms with Crippen molar-refractivity contribution in [3.8, 4) is 0 Å². The predicted molar refractivity (Wildman–Crippen MR) is 57.8 cm³/mol. The molecule has 0 aliphatic heterocycles. The summed E-state index contributed by atoms with van der Waals surface area (Å²) < 4.78 is 0. The lowest BCUT2D eigenvalue weighted by Crippen LogP contribution is -2.31. The maximum Gasteiger partial charge on any atom is 0.00965 e. The van der Waals surface area contributed by atoms with Crippen molar-refractivity contribution >= 4 is 15.9 Å². The van der Waals surface area contributed by atoms with E-state index in [1.165, 1.54) is 32.4 Å². The first kappa shape index (κ1) is 10.5. The van der Waals surface area contributed by atoms with Crippen molar-refractivity contribution in [1.82, 2.24) is 4.90 Å². The smallest absolute Gasteiger partial charge is 0.00965 e. The van der Waals surface area contributed by atoms with E-state index in [1.807, 2.05) is 0 Å². The topological polar surface area (TPSA) is 3.24 Å². The number of halogens is 1. The summed E-state index contributed by atoms with van der Waals surface area (Å²) in [4.78, 5) is 2.66. The minimum absolute atomic E-state index is 0.803. The molecule has 0 saturated heterocycles. The molecule has 1 saturated carbocycles. The zero-order valence-corrected chi connectivity index (χ0v) is 9.81. The summed E-state index contributed by atoms with van der Waals surface area (Å²) in [7, 11) is 0. The zero-order chi connectivity index (χ0) is 8.97. The molecule has 0 bridgehead atoms. The van der Waals surface area contributed by atoms with Crippen LogP contribution in [0.5, 0.6) is 0 Å². The molecule has 1 fully saturated rings. The maximum atomic E-state index is 3.54.